The number of carbonyl (C=O) groups excluding carboxylic acids is 2. The second kappa shape index (κ2) is 6.35. The molecule has 126 valence electrons. The zero-order chi connectivity index (χ0) is 17.3. The van der Waals surface area contributed by atoms with Crippen molar-refractivity contribution in [1.29, 1.82) is 0 Å². The summed E-state index contributed by atoms with van der Waals surface area (Å²) in [5, 5.41) is 5.60. The third-order valence-electron chi connectivity index (χ3n) is 4.39. The molecule has 3 rings (SSSR count). The molecule has 7 nitrogen and oxygen atoms in total. The molecule has 2 saturated heterocycles. The molecule has 2 fully saturated rings. The molecule has 1 aromatic rings. The highest BCUT2D eigenvalue weighted by Gasteiger charge is 2.49. The fourth-order valence-electron chi connectivity index (χ4n) is 3.02. The lowest BCUT2D eigenvalue weighted by Gasteiger charge is -2.35. The number of likely N-dealkylation sites (N-methyl/N-ethyl adjacent to an activating group) is 1. The van der Waals surface area contributed by atoms with Crippen LogP contribution in [-0.4, -0.2) is 53.5 Å². The van der Waals surface area contributed by atoms with Gasteiger partial charge in [-0.3, -0.25) is 10.1 Å². The van der Waals surface area contributed by atoms with Gasteiger partial charge in [0.25, 0.3) is 5.91 Å². The molecule has 2 N–H and O–H groups in total. The quantitative estimate of drug-likeness (QED) is 0.803. The van der Waals surface area contributed by atoms with Gasteiger partial charge >= 0.3 is 6.03 Å². The summed E-state index contributed by atoms with van der Waals surface area (Å²) in [4.78, 5) is 32.2. The van der Waals surface area contributed by atoms with E-state index in [1.165, 1.54) is 4.90 Å². The Morgan fingerprint density at radius 2 is 2.08 bits per heavy atom. The van der Waals surface area contributed by atoms with Gasteiger partial charge in [-0.1, -0.05) is 30.3 Å². The molecule has 2 heterocycles. The van der Waals surface area contributed by atoms with Crippen molar-refractivity contribution in [2.75, 3.05) is 13.6 Å². The number of guanidine groups is 1. The molecule has 2 aliphatic heterocycles. The Kier molecular flexibility index (Phi) is 4.24. The minimum Gasteiger partial charge on any atom is -0.333 e. The molecule has 0 spiro atoms. The fraction of sp³-hybridized carbons (Fsp3) is 0.353. The van der Waals surface area contributed by atoms with Gasteiger partial charge in [-0.15, -0.1) is 6.58 Å². The number of amides is 3. The first-order valence-electron chi connectivity index (χ1n) is 7.83. The summed E-state index contributed by atoms with van der Waals surface area (Å²) in [6.07, 6.45) is 1.26. The molecule has 24 heavy (non-hydrogen) atoms. The van der Waals surface area contributed by atoms with Gasteiger partial charge in [0.1, 0.15) is 6.17 Å². The number of nitrogens with one attached hydrogen (secondary N) is 2. The largest absolute Gasteiger partial charge is 0.333 e. The van der Waals surface area contributed by atoms with Crippen molar-refractivity contribution >= 4 is 17.9 Å². The Morgan fingerprint density at radius 1 is 1.33 bits per heavy atom. The smallest absolute Gasteiger partial charge is 0.325 e. The number of hydrogen-bond donors (Lipinski definition) is 2. The third-order valence-corrected chi connectivity index (χ3v) is 4.39. The molecule has 0 aromatic heterocycles. The molecule has 2 aliphatic rings. The van der Waals surface area contributed by atoms with Crippen LogP contribution in [0.15, 0.2) is 41.9 Å². The van der Waals surface area contributed by atoms with Gasteiger partial charge in [-0.05, 0) is 18.1 Å². The van der Waals surface area contributed by atoms with Crippen LogP contribution in [0.4, 0.5) is 4.79 Å². The number of fused-ring (bicyclic) bond motifs is 1. The summed E-state index contributed by atoms with van der Waals surface area (Å²) in [5.74, 6) is 0.290. The number of hydrogen-bond acceptors (Lipinski definition) is 3. The summed E-state index contributed by atoms with van der Waals surface area (Å²) < 4.78 is 0. The first-order chi connectivity index (χ1) is 11.5. The number of nitrogens with zero attached hydrogens (tertiary/aromatic N) is 3. The number of aliphatic imine (C=N–C) groups is 1. The maximum Gasteiger partial charge on any atom is 0.325 e. The number of imide groups is 1. The molecular weight excluding hydrogens is 306 g/mol. The molecule has 0 bridgehead atoms. The van der Waals surface area contributed by atoms with E-state index >= 15 is 0 Å². The minimum atomic E-state index is -0.518. The molecule has 0 radical (unpaired) electrons. The van der Waals surface area contributed by atoms with Gasteiger partial charge in [0.2, 0.25) is 0 Å². The summed E-state index contributed by atoms with van der Waals surface area (Å²) in [5.41, 5.74) is 2.25. The van der Waals surface area contributed by atoms with E-state index in [2.05, 4.69) is 22.2 Å². The normalized spacial score (nSPS) is 24.7. The monoisotopic (exact) mass is 327 g/mol. The Hall–Kier alpha value is -2.83. The van der Waals surface area contributed by atoms with E-state index in [0.29, 0.717) is 19.0 Å². The number of urea groups is 1. The summed E-state index contributed by atoms with van der Waals surface area (Å²) in [6.45, 7) is 6.69. The fourth-order valence-corrected chi connectivity index (χ4v) is 3.02. The molecule has 2 unspecified atom stereocenters. The lowest BCUT2D eigenvalue weighted by atomic mass is 10.1. The van der Waals surface area contributed by atoms with Crippen molar-refractivity contribution in [3.05, 3.63) is 48.0 Å². The molecule has 2 atom stereocenters. The van der Waals surface area contributed by atoms with Crippen LogP contribution < -0.4 is 10.6 Å². The molecule has 1 aromatic carbocycles. The van der Waals surface area contributed by atoms with Gasteiger partial charge in [-0.2, -0.15) is 0 Å². The van der Waals surface area contributed by atoms with E-state index in [-0.39, 0.29) is 5.91 Å². The Balaban J connectivity index is 1.96. The molecular formula is C17H21N5O2. The summed E-state index contributed by atoms with van der Waals surface area (Å²) in [6, 6.07) is 7.10. The Bertz CT molecular complexity index is 715. The number of rotatable bonds is 4. The van der Waals surface area contributed by atoms with Crippen LogP contribution in [0.3, 0.4) is 0 Å². The maximum atomic E-state index is 12.4. The summed E-state index contributed by atoms with van der Waals surface area (Å²) >= 11 is 0. The van der Waals surface area contributed by atoms with E-state index < -0.39 is 18.2 Å². The van der Waals surface area contributed by atoms with Gasteiger partial charge in [0, 0.05) is 13.6 Å². The van der Waals surface area contributed by atoms with Crippen LogP contribution in [0.1, 0.15) is 11.1 Å². The SMILES string of the molecule is C=CCN=C1NC2C(C(=O)NC(=O)N2C)N1Cc1ccccc1C. The standard InChI is InChI=1S/C17H21N5O2/c1-4-9-18-16-19-14-13(15(23)20-17(24)21(14)3)22(16)10-12-8-6-5-7-11(12)2/h4-8,13-14H,1,9-10H2,2-3H3,(H,18,19)(H,20,23,24). The Morgan fingerprint density at radius 3 is 2.79 bits per heavy atom. The van der Waals surface area contributed by atoms with Crippen molar-refractivity contribution in [3.63, 3.8) is 0 Å². The van der Waals surface area contributed by atoms with Crippen molar-refractivity contribution in [3.8, 4) is 0 Å². The van der Waals surface area contributed by atoms with Gasteiger partial charge in [0.15, 0.2) is 12.0 Å². The number of carbonyl (C=O) groups is 2. The Labute approximate surface area is 141 Å². The van der Waals surface area contributed by atoms with Crippen LogP contribution in [0.2, 0.25) is 0 Å². The second-order valence-electron chi connectivity index (χ2n) is 5.95. The van der Waals surface area contributed by atoms with Crippen molar-refractivity contribution < 1.29 is 9.59 Å². The maximum absolute atomic E-state index is 12.4. The lowest BCUT2D eigenvalue weighted by molar-refractivity contribution is -0.127. The first kappa shape index (κ1) is 16.0. The van der Waals surface area contributed by atoms with Crippen LogP contribution in [0, 0.1) is 6.92 Å². The second-order valence-corrected chi connectivity index (χ2v) is 5.95. The predicted molar refractivity (Wildman–Crippen MR) is 91.2 cm³/mol. The molecule has 3 amide bonds. The van der Waals surface area contributed by atoms with Crippen LogP contribution >= 0.6 is 0 Å². The first-order valence-corrected chi connectivity index (χ1v) is 7.83. The molecule has 0 aliphatic carbocycles. The van der Waals surface area contributed by atoms with E-state index in [0.717, 1.165) is 11.1 Å². The van der Waals surface area contributed by atoms with Crippen molar-refractivity contribution in [1.82, 2.24) is 20.4 Å². The highest BCUT2D eigenvalue weighted by molar-refractivity contribution is 6.04. The van der Waals surface area contributed by atoms with Crippen LogP contribution in [0.25, 0.3) is 0 Å². The zero-order valence-electron chi connectivity index (χ0n) is 13.8. The molecule has 0 saturated carbocycles. The van der Waals surface area contributed by atoms with Gasteiger partial charge in [-0.25, -0.2) is 9.79 Å². The average Bonchev–Trinajstić information content (AvgIpc) is 2.92. The minimum absolute atomic E-state index is 0.312. The highest BCUT2D eigenvalue weighted by atomic mass is 16.2. The zero-order valence-corrected chi connectivity index (χ0v) is 13.8. The number of aryl methyl sites for hydroxylation is 1. The number of benzene rings is 1. The van der Waals surface area contributed by atoms with Crippen molar-refractivity contribution in [2.45, 2.75) is 25.7 Å². The lowest BCUT2D eigenvalue weighted by Crippen LogP contribution is -2.64. The average molecular weight is 327 g/mol. The third kappa shape index (κ3) is 2.73. The van der Waals surface area contributed by atoms with Crippen molar-refractivity contribution in [2.24, 2.45) is 4.99 Å². The van der Waals surface area contributed by atoms with E-state index in [1.54, 1.807) is 13.1 Å². The van der Waals surface area contributed by atoms with E-state index in [1.807, 2.05) is 36.1 Å². The van der Waals surface area contributed by atoms with Crippen LogP contribution in [0.5, 0.6) is 0 Å². The van der Waals surface area contributed by atoms with Gasteiger partial charge in [0.05, 0.1) is 6.54 Å². The highest BCUT2D eigenvalue weighted by Crippen LogP contribution is 2.23. The van der Waals surface area contributed by atoms with E-state index in [9.17, 15) is 9.59 Å². The van der Waals surface area contributed by atoms with E-state index in [4.69, 9.17) is 0 Å². The topological polar surface area (TPSA) is 77.0 Å². The van der Waals surface area contributed by atoms with Gasteiger partial charge < -0.3 is 15.1 Å². The summed E-state index contributed by atoms with van der Waals surface area (Å²) in [7, 11) is 1.66. The molecule has 7 heteroatoms. The predicted octanol–water partition coefficient (Wildman–Crippen LogP) is 0.819. The van der Waals surface area contributed by atoms with Crippen LogP contribution in [-0.2, 0) is 11.3 Å².